The van der Waals surface area contributed by atoms with Gasteiger partial charge in [-0.15, -0.1) is 0 Å². The molecule has 1 aromatic heterocycles. The van der Waals surface area contributed by atoms with Crippen molar-refractivity contribution in [1.29, 1.82) is 0 Å². The molecule has 2 aromatic rings. The van der Waals surface area contributed by atoms with E-state index in [9.17, 15) is 22.8 Å². The lowest BCUT2D eigenvalue weighted by Gasteiger charge is -2.27. The van der Waals surface area contributed by atoms with Gasteiger partial charge >= 0.3 is 6.18 Å². The zero-order valence-electron chi connectivity index (χ0n) is 19.7. The molecule has 1 aromatic carbocycles. The van der Waals surface area contributed by atoms with E-state index < -0.39 is 11.7 Å². The minimum absolute atomic E-state index is 0.0308. The Hall–Kier alpha value is -2.77. The Morgan fingerprint density at radius 2 is 1.73 bits per heavy atom. The van der Waals surface area contributed by atoms with Crippen LogP contribution in [0.3, 0.4) is 0 Å². The summed E-state index contributed by atoms with van der Waals surface area (Å²) in [6.07, 6.45) is 0.304. The Kier molecular flexibility index (Phi) is 10.0. The normalized spacial score (nSPS) is 11.5. The number of nitrogens with zero attached hydrogens (tertiary/aromatic N) is 3. The number of rotatable bonds is 12. The summed E-state index contributed by atoms with van der Waals surface area (Å²) >= 11 is 0. The van der Waals surface area contributed by atoms with Gasteiger partial charge in [-0.1, -0.05) is 32.4 Å². The molecule has 0 radical (unpaired) electrons. The minimum atomic E-state index is -4.39. The van der Waals surface area contributed by atoms with E-state index in [1.165, 1.54) is 6.07 Å². The Morgan fingerprint density at radius 1 is 0.970 bits per heavy atom. The summed E-state index contributed by atoms with van der Waals surface area (Å²) in [6, 6.07) is 8.99. The summed E-state index contributed by atoms with van der Waals surface area (Å²) in [7, 11) is 0. The summed E-state index contributed by atoms with van der Waals surface area (Å²) in [5.41, 5.74) is 0.695. The van der Waals surface area contributed by atoms with E-state index in [0.29, 0.717) is 31.6 Å². The van der Waals surface area contributed by atoms with E-state index in [4.69, 9.17) is 0 Å². The molecule has 0 unspecified atom stereocenters. The molecule has 33 heavy (non-hydrogen) atoms. The zero-order valence-corrected chi connectivity index (χ0v) is 19.7. The van der Waals surface area contributed by atoms with Gasteiger partial charge in [0.2, 0.25) is 11.8 Å². The fraction of sp³-hybridized carbons (Fsp3) is 0.520. The van der Waals surface area contributed by atoms with Crippen LogP contribution in [0.5, 0.6) is 0 Å². The number of likely N-dealkylation sites (N-methyl/N-ethyl adjacent to an activating group) is 1. The Balaban J connectivity index is 2.16. The average molecular weight is 466 g/mol. The van der Waals surface area contributed by atoms with E-state index in [2.05, 4.69) is 0 Å². The van der Waals surface area contributed by atoms with Crippen LogP contribution in [0.2, 0.25) is 0 Å². The molecule has 8 heteroatoms. The van der Waals surface area contributed by atoms with Crippen LogP contribution >= 0.6 is 0 Å². The first kappa shape index (κ1) is 26.5. The molecule has 0 N–H and O–H groups in total. The van der Waals surface area contributed by atoms with Crippen molar-refractivity contribution < 1.29 is 22.8 Å². The molecule has 1 heterocycles. The fourth-order valence-corrected chi connectivity index (χ4v) is 3.64. The lowest BCUT2D eigenvalue weighted by molar-refractivity contribution is -0.140. The second-order valence-electron chi connectivity index (χ2n) is 8.15. The van der Waals surface area contributed by atoms with Gasteiger partial charge in [0.25, 0.3) is 0 Å². The molecule has 182 valence electrons. The van der Waals surface area contributed by atoms with Crippen LogP contribution in [0, 0.1) is 0 Å². The van der Waals surface area contributed by atoms with Crippen molar-refractivity contribution >= 4 is 11.8 Å². The van der Waals surface area contributed by atoms with Crippen LogP contribution in [-0.4, -0.2) is 45.8 Å². The van der Waals surface area contributed by atoms with Crippen LogP contribution in [0.1, 0.15) is 63.3 Å². The van der Waals surface area contributed by atoms with Crippen molar-refractivity contribution in [2.75, 3.05) is 19.6 Å². The first-order valence-corrected chi connectivity index (χ1v) is 11.5. The average Bonchev–Trinajstić information content (AvgIpc) is 3.20. The van der Waals surface area contributed by atoms with Gasteiger partial charge in [0.1, 0.15) is 0 Å². The summed E-state index contributed by atoms with van der Waals surface area (Å²) in [5, 5.41) is 0. The molecule has 0 aliphatic carbocycles. The summed E-state index contributed by atoms with van der Waals surface area (Å²) in [6.45, 7) is 7.51. The number of halogens is 3. The predicted octanol–water partition coefficient (Wildman–Crippen LogP) is 5.33. The van der Waals surface area contributed by atoms with E-state index in [1.807, 2.05) is 37.5 Å². The molecule has 5 nitrogen and oxygen atoms in total. The second-order valence-corrected chi connectivity index (χ2v) is 8.15. The maximum atomic E-state index is 13.1. The smallest absolute Gasteiger partial charge is 0.345 e. The highest BCUT2D eigenvalue weighted by atomic mass is 19.4. The molecule has 0 spiro atoms. The Bertz CT molecular complexity index is 908. The summed E-state index contributed by atoms with van der Waals surface area (Å²) < 4.78 is 41.1. The third-order valence-corrected chi connectivity index (χ3v) is 5.54. The fourth-order valence-electron chi connectivity index (χ4n) is 3.64. The Morgan fingerprint density at radius 3 is 2.36 bits per heavy atom. The van der Waals surface area contributed by atoms with Crippen LogP contribution in [0.25, 0.3) is 0 Å². The van der Waals surface area contributed by atoms with Gasteiger partial charge in [-0.2, -0.15) is 13.2 Å². The lowest BCUT2D eigenvalue weighted by Crippen LogP contribution is -2.43. The first-order valence-electron chi connectivity index (χ1n) is 11.5. The number of amides is 2. The van der Waals surface area contributed by atoms with E-state index >= 15 is 0 Å². The van der Waals surface area contributed by atoms with Gasteiger partial charge in [-0.3, -0.25) is 9.59 Å². The number of hydrogen-bond acceptors (Lipinski definition) is 2. The van der Waals surface area contributed by atoms with Crippen molar-refractivity contribution in [3.63, 3.8) is 0 Å². The van der Waals surface area contributed by atoms with Crippen LogP contribution < -0.4 is 0 Å². The molecule has 0 aliphatic rings. The number of benzene rings is 1. The van der Waals surface area contributed by atoms with Gasteiger partial charge in [0.15, 0.2) is 0 Å². The molecule has 0 fully saturated rings. The highest BCUT2D eigenvalue weighted by Gasteiger charge is 2.30. The number of carbonyl (C=O) groups is 2. The number of unbranched alkanes of at least 4 members (excludes halogenated alkanes) is 1. The van der Waals surface area contributed by atoms with Gasteiger partial charge < -0.3 is 14.4 Å². The van der Waals surface area contributed by atoms with Crippen molar-refractivity contribution in [3.8, 4) is 0 Å². The van der Waals surface area contributed by atoms with Gasteiger partial charge in [-0.05, 0) is 49.6 Å². The second kappa shape index (κ2) is 12.5. The standard InChI is InChI=1S/C25H34F3N3O2/c1-4-7-14-31(24(33)19-29(6-3)23(32)10-5-2)18-22-13-9-15-30(22)17-20-11-8-12-21(16-20)25(26,27)28/h8-9,11-13,15-16H,4-7,10,14,17-19H2,1-3H3. The molecular weight excluding hydrogens is 431 g/mol. The number of hydrogen-bond donors (Lipinski definition) is 0. The molecule has 0 aliphatic heterocycles. The van der Waals surface area contributed by atoms with Crippen LogP contribution in [-0.2, 0) is 28.9 Å². The third-order valence-electron chi connectivity index (χ3n) is 5.54. The third kappa shape index (κ3) is 7.94. The maximum Gasteiger partial charge on any atom is 0.416 e. The molecule has 0 bridgehead atoms. The van der Waals surface area contributed by atoms with Crippen molar-refractivity contribution in [2.45, 2.75) is 65.7 Å². The monoisotopic (exact) mass is 465 g/mol. The molecule has 2 amide bonds. The number of carbonyl (C=O) groups excluding carboxylic acids is 2. The van der Waals surface area contributed by atoms with E-state index in [0.717, 1.165) is 37.1 Å². The molecule has 2 rings (SSSR count). The van der Waals surface area contributed by atoms with Gasteiger partial charge in [0.05, 0.1) is 18.7 Å². The van der Waals surface area contributed by atoms with Gasteiger partial charge in [-0.25, -0.2) is 0 Å². The first-order chi connectivity index (χ1) is 15.7. The van der Waals surface area contributed by atoms with Crippen LogP contribution in [0.15, 0.2) is 42.6 Å². The summed E-state index contributed by atoms with van der Waals surface area (Å²) in [4.78, 5) is 28.7. The number of alkyl halides is 3. The Labute approximate surface area is 194 Å². The van der Waals surface area contributed by atoms with Crippen LogP contribution in [0.4, 0.5) is 13.2 Å². The molecule has 0 atom stereocenters. The minimum Gasteiger partial charge on any atom is -0.345 e. The van der Waals surface area contributed by atoms with E-state index in [1.54, 1.807) is 22.1 Å². The van der Waals surface area contributed by atoms with Crippen molar-refractivity contribution in [3.05, 3.63) is 59.4 Å². The quantitative estimate of drug-likeness (QED) is 0.425. The number of aromatic nitrogens is 1. The van der Waals surface area contributed by atoms with Crippen molar-refractivity contribution in [1.82, 2.24) is 14.4 Å². The van der Waals surface area contributed by atoms with E-state index in [-0.39, 0.29) is 24.9 Å². The predicted molar refractivity (Wildman–Crippen MR) is 122 cm³/mol. The van der Waals surface area contributed by atoms with Gasteiger partial charge in [0, 0.05) is 37.9 Å². The van der Waals surface area contributed by atoms with Crippen molar-refractivity contribution in [2.24, 2.45) is 0 Å². The summed E-state index contributed by atoms with van der Waals surface area (Å²) in [5.74, 6) is -0.154. The maximum absolute atomic E-state index is 13.1. The molecule has 0 saturated carbocycles. The zero-order chi connectivity index (χ0) is 24.4. The topological polar surface area (TPSA) is 45.6 Å². The largest absolute Gasteiger partial charge is 0.416 e. The highest BCUT2D eigenvalue weighted by molar-refractivity contribution is 5.84. The lowest BCUT2D eigenvalue weighted by atomic mass is 10.1. The molecular formula is C25H34F3N3O2. The SMILES string of the molecule is CCCCN(Cc1cccn1Cc1cccc(C(F)(F)F)c1)C(=O)CN(CC)C(=O)CCC. The highest BCUT2D eigenvalue weighted by Crippen LogP contribution is 2.29. The molecule has 0 saturated heterocycles.